The summed E-state index contributed by atoms with van der Waals surface area (Å²) in [4.78, 5) is 21.0. The van der Waals surface area contributed by atoms with Gasteiger partial charge in [-0.2, -0.15) is 0 Å². The van der Waals surface area contributed by atoms with E-state index in [-0.39, 0.29) is 11.4 Å². The molecule has 98 valence electrons. The number of aliphatic carboxylic acids is 1. The van der Waals surface area contributed by atoms with Gasteiger partial charge in [0.2, 0.25) is 0 Å². The maximum Gasteiger partial charge on any atom is 0.327 e. The zero-order valence-corrected chi connectivity index (χ0v) is 10.3. The Morgan fingerprint density at radius 3 is 2.39 bits per heavy atom. The van der Waals surface area contributed by atoms with E-state index in [1.807, 2.05) is 0 Å². The Hall–Kier alpha value is -1.32. The molecule has 1 spiro atoms. The smallest absolute Gasteiger partial charge is 0.327 e. The van der Waals surface area contributed by atoms with Crippen molar-refractivity contribution in [1.29, 1.82) is 0 Å². The molecule has 2 aliphatic heterocycles. The van der Waals surface area contributed by atoms with Crippen molar-refractivity contribution < 1.29 is 19.4 Å². The summed E-state index contributed by atoms with van der Waals surface area (Å²) in [5.74, 6) is 1.51. The van der Waals surface area contributed by atoms with Crippen LogP contribution in [0.3, 0.4) is 0 Å². The molecule has 4 nitrogen and oxygen atoms in total. The summed E-state index contributed by atoms with van der Waals surface area (Å²) in [6.45, 7) is 2.96. The van der Waals surface area contributed by atoms with Crippen LogP contribution in [-0.2, 0) is 14.3 Å². The van der Waals surface area contributed by atoms with Crippen molar-refractivity contribution in [3.63, 3.8) is 0 Å². The van der Waals surface area contributed by atoms with Crippen LogP contribution in [0.1, 0.15) is 32.1 Å². The van der Waals surface area contributed by atoms with Crippen LogP contribution in [0.4, 0.5) is 0 Å². The first kappa shape index (κ1) is 11.8. The molecule has 2 unspecified atom stereocenters. The molecule has 6 fully saturated rings. The summed E-state index contributed by atoms with van der Waals surface area (Å²) >= 11 is 0. The van der Waals surface area contributed by atoms with Gasteiger partial charge in [-0.3, -0.25) is 4.79 Å². The van der Waals surface area contributed by atoms with Crippen molar-refractivity contribution in [2.75, 3.05) is 0 Å². The number of carboxylic acids is 1. The molecule has 4 heteroatoms. The fraction of sp³-hybridized carbons (Fsp3) is 0.714. The highest BCUT2D eigenvalue weighted by molar-refractivity contribution is 5.79. The molecule has 0 radical (unpaired) electrons. The molecule has 2 atom stereocenters. The topological polar surface area (TPSA) is 63.6 Å². The first-order valence-electron chi connectivity index (χ1n) is 6.60. The number of carbonyl (C=O) groups is 2. The highest BCUT2D eigenvalue weighted by Gasteiger charge is 2.64. The first-order chi connectivity index (χ1) is 8.54. The quantitative estimate of drug-likeness (QED) is 0.571. The number of ether oxygens (including phenoxy) is 1. The molecule has 4 aliphatic carbocycles. The van der Waals surface area contributed by atoms with E-state index in [2.05, 4.69) is 6.58 Å². The van der Waals surface area contributed by atoms with Gasteiger partial charge in [0, 0.05) is 6.08 Å². The molecular weight excluding hydrogens is 232 g/mol. The lowest BCUT2D eigenvalue weighted by Crippen LogP contribution is -2.63. The van der Waals surface area contributed by atoms with Crippen LogP contribution in [0.5, 0.6) is 0 Å². The van der Waals surface area contributed by atoms with Crippen molar-refractivity contribution in [1.82, 2.24) is 0 Å². The minimum atomic E-state index is -0.981. The van der Waals surface area contributed by atoms with Crippen LogP contribution in [0, 0.1) is 23.2 Å². The summed E-state index contributed by atoms with van der Waals surface area (Å²) < 4.78 is 5.55. The minimum Gasteiger partial charge on any atom is -0.478 e. The lowest BCUT2D eigenvalue weighted by Gasteiger charge is -2.62. The van der Waals surface area contributed by atoms with Gasteiger partial charge in [-0.1, -0.05) is 6.58 Å². The van der Waals surface area contributed by atoms with Gasteiger partial charge in [0.25, 0.3) is 0 Å². The Balaban J connectivity index is 0.000000175. The molecule has 6 rings (SSSR count). The predicted molar refractivity (Wildman–Crippen MR) is 63.7 cm³/mol. The Morgan fingerprint density at radius 2 is 1.89 bits per heavy atom. The fourth-order valence-corrected chi connectivity index (χ4v) is 4.67. The number of hydrogen-bond donors (Lipinski definition) is 1. The summed E-state index contributed by atoms with van der Waals surface area (Å²) in [5.41, 5.74) is 0.00521. The van der Waals surface area contributed by atoms with E-state index in [1.54, 1.807) is 0 Å². The second-order valence-corrected chi connectivity index (χ2v) is 6.16. The van der Waals surface area contributed by atoms with E-state index < -0.39 is 5.97 Å². The van der Waals surface area contributed by atoms with Gasteiger partial charge in [-0.05, 0) is 49.9 Å². The molecule has 0 aromatic rings. The normalized spacial score (nSPS) is 46.1. The third-order valence-electron chi connectivity index (χ3n) is 5.04. The number of rotatable bonds is 1. The van der Waals surface area contributed by atoms with Gasteiger partial charge < -0.3 is 9.84 Å². The summed E-state index contributed by atoms with van der Waals surface area (Å²) in [5, 5.41) is 7.60. The fourth-order valence-electron chi connectivity index (χ4n) is 4.67. The Bertz CT molecular complexity index is 393. The van der Waals surface area contributed by atoms with E-state index in [1.165, 1.54) is 12.8 Å². The standard InChI is InChI=1S/C11H14O2.C3H4O2/c12-10-11-3-6-1-7(4-11)9(13-10)8(2-6)5-11;1-2-3(4)5/h6-9H,1-5H2;2H,1H2,(H,4,5). The van der Waals surface area contributed by atoms with Crippen molar-refractivity contribution in [3.8, 4) is 0 Å². The third kappa shape index (κ3) is 1.58. The van der Waals surface area contributed by atoms with Crippen molar-refractivity contribution in [2.24, 2.45) is 23.2 Å². The molecule has 18 heavy (non-hydrogen) atoms. The molecule has 4 saturated carbocycles. The predicted octanol–water partition coefficient (Wildman–Crippen LogP) is 2.00. The van der Waals surface area contributed by atoms with Gasteiger partial charge in [-0.25, -0.2) is 4.79 Å². The summed E-state index contributed by atoms with van der Waals surface area (Å²) in [6, 6.07) is 0. The zero-order valence-electron chi connectivity index (χ0n) is 10.3. The van der Waals surface area contributed by atoms with Crippen molar-refractivity contribution >= 4 is 11.9 Å². The van der Waals surface area contributed by atoms with Gasteiger partial charge >= 0.3 is 11.9 Å². The molecule has 2 heterocycles. The van der Waals surface area contributed by atoms with Gasteiger partial charge in [-0.15, -0.1) is 0 Å². The van der Waals surface area contributed by atoms with Crippen molar-refractivity contribution in [3.05, 3.63) is 12.7 Å². The number of esters is 1. The third-order valence-corrected chi connectivity index (χ3v) is 5.04. The zero-order chi connectivity index (χ0) is 12.9. The lowest BCUT2D eigenvalue weighted by atomic mass is 9.47. The second kappa shape index (κ2) is 3.84. The van der Waals surface area contributed by atoms with Crippen LogP contribution in [-0.4, -0.2) is 23.1 Å². The minimum absolute atomic E-state index is 0.00521. The molecule has 6 aliphatic rings. The maximum absolute atomic E-state index is 11.7. The number of carboxylic acid groups (broad SMARTS) is 1. The van der Waals surface area contributed by atoms with Gasteiger partial charge in [0.05, 0.1) is 5.41 Å². The lowest BCUT2D eigenvalue weighted by molar-refractivity contribution is -0.233. The van der Waals surface area contributed by atoms with E-state index in [0.29, 0.717) is 6.10 Å². The van der Waals surface area contributed by atoms with Gasteiger partial charge in [0.15, 0.2) is 0 Å². The maximum atomic E-state index is 11.7. The molecule has 0 aromatic heterocycles. The molecule has 5 bridgehead atoms. The van der Waals surface area contributed by atoms with Crippen LogP contribution < -0.4 is 0 Å². The summed E-state index contributed by atoms with van der Waals surface area (Å²) in [6.07, 6.45) is 7.30. The van der Waals surface area contributed by atoms with E-state index in [4.69, 9.17) is 9.84 Å². The van der Waals surface area contributed by atoms with Crippen LogP contribution in [0.15, 0.2) is 12.7 Å². The van der Waals surface area contributed by atoms with Crippen LogP contribution in [0.25, 0.3) is 0 Å². The number of hydrogen-bond acceptors (Lipinski definition) is 3. The molecular formula is C14H18O4. The van der Waals surface area contributed by atoms with E-state index >= 15 is 0 Å². The Labute approximate surface area is 106 Å². The molecule has 0 amide bonds. The molecule has 1 N–H and O–H groups in total. The number of fused-ring (bicyclic) bond motifs is 1. The highest BCUT2D eigenvalue weighted by atomic mass is 16.5. The first-order valence-corrected chi connectivity index (χ1v) is 6.60. The largest absolute Gasteiger partial charge is 0.478 e. The van der Waals surface area contributed by atoms with E-state index in [0.717, 1.165) is 43.1 Å². The Morgan fingerprint density at radius 1 is 1.33 bits per heavy atom. The van der Waals surface area contributed by atoms with E-state index in [9.17, 15) is 9.59 Å². The van der Waals surface area contributed by atoms with Crippen LogP contribution in [0.2, 0.25) is 0 Å². The molecule has 0 aromatic carbocycles. The Kier molecular flexibility index (Phi) is 2.50. The monoisotopic (exact) mass is 250 g/mol. The highest BCUT2D eigenvalue weighted by Crippen LogP contribution is 2.64. The van der Waals surface area contributed by atoms with Gasteiger partial charge in [0.1, 0.15) is 6.10 Å². The number of carbonyl (C=O) groups excluding carboxylic acids is 1. The molecule has 2 saturated heterocycles. The second-order valence-electron chi connectivity index (χ2n) is 6.16. The average Bonchev–Trinajstić information content (AvgIpc) is 2.32. The SMILES string of the molecule is C=CC(=O)O.O=C1OC2C3CC4CC2CC1(C4)C3. The average molecular weight is 250 g/mol. The van der Waals surface area contributed by atoms with Crippen LogP contribution >= 0.6 is 0 Å². The summed E-state index contributed by atoms with van der Waals surface area (Å²) in [7, 11) is 0. The van der Waals surface area contributed by atoms with Crippen molar-refractivity contribution in [2.45, 2.75) is 38.2 Å².